The van der Waals surface area contributed by atoms with E-state index in [1.54, 1.807) is 19.1 Å². The summed E-state index contributed by atoms with van der Waals surface area (Å²) in [5.74, 6) is 0.551. The molecule has 0 heterocycles. The number of anilines is 1. The van der Waals surface area contributed by atoms with Gasteiger partial charge in [0.05, 0.1) is 20.2 Å². The van der Waals surface area contributed by atoms with Gasteiger partial charge in [-0.05, 0) is 44.2 Å². The number of ether oxygens (including phenoxy) is 1. The first-order chi connectivity index (χ1) is 13.0. The van der Waals surface area contributed by atoms with Gasteiger partial charge in [0.1, 0.15) is 5.75 Å². The highest BCUT2D eigenvalue weighted by Gasteiger charge is 2.11. The van der Waals surface area contributed by atoms with Crippen LogP contribution in [0.15, 0.2) is 48.5 Å². The van der Waals surface area contributed by atoms with Gasteiger partial charge in [0.2, 0.25) is 11.8 Å². The third-order valence-electron chi connectivity index (χ3n) is 4.07. The lowest BCUT2D eigenvalue weighted by Crippen LogP contribution is -2.39. The van der Waals surface area contributed by atoms with Gasteiger partial charge in [-0.2, -0.15) is 0 Å². The van der Waals surface area contributed by atoms with Crippen molar-refractivity contribution in [3.05, 3.63) is 59.7 Å². The molecule has 2 amide bonds. The first-order valence-electron chi connectivity index (χ1n) is 8.91. The van der Waals surface area contributed by atoms with E-state index in [1.807, 2.05) is 55.5 Å². The van der Waals surface area contributed by atoms with Crippen molar-refractivity contribution < 1.29 is 14.3 Å². The number of hydrogen-bond donors (Lipinski definition) is 2. The molecular weight excluding hydrogens is 342 g/mol. The fraction of sp³-hybridized carbons (Fsp3) is 0.333. The topological polar surface area (TPSA) is 70.7 Å². The zero-order valence-electron chi connectivity index (χ0n) is 16.1. The molecule has 2 aromatic carbocycles. The third-order valence-corrected chi connectivity index (χ3v) is 4.07. The maximum atomic E-state index is 12.1. The summed E-state index contributed by atoms with van der Waals surface area (Å²) in [7, 11) is 3.38. The van der Waals surface area contributed by atoms with Gasteiger partial charge in [0.15, 0.2) is 0 Å². The predicted molar refractivity (Wildman–Crippen MR) is 107 cm³/mol. The molecule has 0 radical (unpaired) electrons. The molecule has 0 saturated heterocycles. The van der Waals surface area contributed by atoms with E-state index in [0.29, 0.717) is 13.0 Å². The molecule has 6 nitrogen and oxygen atoms in total. The second kappa shape index (κ2) is 10.3. The molecule has 6 heteroatoms. The summed E-state index contributed by atoms with van der Waals surface area (Å²) >= 11 is 0. The summed E-state index contributed by atoms with van der Waals surface area (Å²) in [5, 5.41) is 5.70. The standard InChI is InChI=1S/C21H27N3O3/c1-16-8-10-18(11-9-16)23-21(26)15-24(2)14-20(25)22-13-12-17-6-4-5-7-19(17)27-3/h4-11H,12-15H2,1-3H3,(H,22,25)(H,23,26). The lowest BCUT2D eigenvalue weighted by molar-refractivity contribution is -0.122. The first-order valence-corrected chi connectivity index (χ1v) is 8.91. The van der Waals surface area contributed by atoms with Crippen molar-refractivity contribution in [1.29, 1.82) is 0 Å². The van der Waals surface area contributed by atoms with Crippen LogP contribution in [0.1, 0.15) is 11.1 Å². The van der Waals surface area contributed by atoms with E-state index in [0.717, 1.165) is 22.6 Å². The predicted octanol–water partition coefficient (Wildman–Crippen LogP) is 2.23. The summed E-state index contributed by atoms with van der Waals surface area (Å²) in [6.45, 7) is 2.82. The summed E-state index contributed by atoms with van der Waals surface area (Å²) in [6.07, 6.45) is 0.688. The van der Waals surface area contributed by atoms with Gasteiger partial charge < -0.3 is 15.4 Å². The van der Waals surface area contributed by atoms with Crippen molar-refractivity contribution in [3.63, 3.8) is 0 Å². The van der Waals surface area contributed by atoms with Gasteiger partial charge >= 0.3 is 0 Å². The van der Waals surface area contributed by atoms with Crippen LogP contribution in [0.2, 0.25) is 0 Å². The SMILES string of the molecule is COc1ccccc1CCNC(=O)CN(C)CC(=O)Nc1ccc(C)cc1. The lowest BCUT2D eigenvalue weighted by Gasteiger charge is -2.16. The van der Waals surface area contributed by atoms with E-state index >= 15 is 0 Å². The number of aryl methyl sites for hydroxylation is 1. The lowest BCUT2D eigenvalue weighted by atomic mass is 10.1. The van der Waals surface area contributed by atoms with Crippen LogP contribution in [0, 0.1) is 6.92 Å². The van der Waals surface area contributed by atoms with Crippen LogP contribution in [-0.4, -0.2) is 50.5 Å². The molecule has 0 fully saturated rings. The number of benzene rings is 2. The van der Waals surface area contributed by atoms with E-state index in [4.69, 9.17) is 4.74 Å². The summed E-state index contributed by atoms with van der Waals surface area (Å²) in [5.41, 5.74) is 2.93. The zero-order chi connectivity index (χ0) is 19.6. The third kappa shape index (κ3) is 7.11. The Hall–Kier alpha value is -2.86. The van der Waals surface area contributed by atoms with E-state index < -0.39 is 0 Å². The minimum absolute atomic E-state index is 0.115. The monoisotopic (exact) mass is 369 g/mol. The molecule has 0 spiro atoms. The Kier molecular flexibility index (Phi) is 7.82. The van der Waals surface area contributed by atoms with Crippen molar-refractivity contribution in [2.24, 2.45) is 0 Å². The number of carbonyl (C=O) groups excluding carboxylic acids is 2. The van der Waals surface area contributed by atoms with Crippen molar-refractivity contribution in [2.75, 3.05) is 39.1 Å². The minimum atomic E-state index is -0.150. The normalized spacial score (nSPS) is 10.5. The maximum absolute atomic E-state index is 12.1. The quantitative estimate of drug-likeness (QED) is 0.711. The van der Waals surface area contributed by atoms with Crippen molar-refractivity contribution in [1.82, 2.24) is 10.2 Å². The Morgan fingerprint density at radius 2 is 1.67 bits per heavy atom. The van der Waals surface area contributed by atoms with Crippen LogP contribution >= 0.6 is 0 Å². The molecule has 0 aliphatic heterocycles. The zero-order valence-corrected chi connectivity index (χ0v) is 16.1. The van der Waals surface area contributed by atoms with Crippen LogP contribution < -0.4 is 15.4 Å². The Morgan fingerprint density at radius 3 is 2.37 bits per heavy atom. The molecule has 0 atom stereocenters. The largest absolute Gasteiger partial charge is 0.496 e. The smallest absolute Gasteiger partial charge is 0.238 e. The number of likely N-dealkylation sites (N-methyl/N-ethyl adjacent to an activating group) is 1. The van der Waals surface area contributed by atoms with Gasteiger partial charge in [0.25, 0.3) is 0 Å². The highest BCUT2D eigenvalue weighted by Crippen LogP contribution is 2.17. The Morgan fingerprint density at radius 1 is 1.00 bits per heavy atom. The molecule has 0 aromatic heterocycles. The molecule has 0 aliphatic rings. The first kappa shape index (κ1) is 20.5. The van der Waals surface area contributed by atoms with Crippen LogP contribution in [0.5, 0.6) is 5.75 Å². The van der Waals surface area contributed by atoms with Crippen molar-refractivity contribution >= 4 is 17.5 Å². The Labute approximate surface area is 160 Å². The van der Waals surface area contributed by atoms with Crippen LogP contribution in [0.25, 0.3) is 0 Å². The van der Waals surface area contributed by atoms with Crippen LogP contribution in [0.3, 0.4) is 0 Å². The number of rotatable bonds is 9. The molecule has 144 valence electrons. The molecular formula is C21H27N3O3. The minimum Gasteiger partial charge on any atom is -0.496 e. The van der Waals surface area contributed by atoms with Crippen molar-refractivity contribution in [3.8, 4) is 5.75 Å². The number of amides is 2. The maximum Gasteiger partial charge on any atom is 0.238 e. The van der Waals surface area contributed by atoms with Gasteiger partial charge in [-0.15, -0.1) is 0 Å². The highest BCUT2D eigenvalue weighted by atomic mass is 16.5. The van der Waals surface area contributed by atoms with Gasteiger partial charge in [-0.25, -0.2) is 0 Å². The number of methoxy groups -OCH3 is 1. The van der Waals surface area contributed by atoms with E-state index in [-0.39, 0.29) is 24.9 Å². The molecule has 0 aliphatic carbocycles. The molecule has 0 unspecified atom stereocenters. The number of para-hydroxylation sites is 1. The number of hydrogen-bond acceptors (Lipinski definition) is 4. The molecule has 0 bridgehead atoms. The molecule has 2 aromatic rings. The average molecular weight is 369 g/mol. The summed E-state index contributed by atoms with van der Waals surface area (Å²) in [6, 6.07) is 15.3. The van der Waals surface area contributed by atoms with Crippen molar-refractivity contribution in [2.45, 2.75) is 13.3 Å². The van der Waals surface area contributed by atoms with E-state index in [1.165, 1.54) is 0 Å². The average Bonchev–Trinajstić information content (AvgIpc) is 2.63. The second-order valence-corrected chi connectivity index (χ2v) is 6.50. The van der Waals surface area contributed by atoms with Gasteiger partial charge in [-0.1, -0.05) is 35.9 Å². The Balaban J connectivity index is 1.70. The fourth-order valence-corrected chi connectivity index (χ4v) is 2.69. The molecule has 2 N–H and O–H groups in total. The molecule has 2 rings (SSSR count). The Bertz CT molecular complexity index is 760. The summed E-state index contributed by atoms with van der Waals surface area (Å²) in [4.78, 5) is 25.8. The molecule has 27 heavy (non-hydrogen) atoms. The summed E-state index contributed by atoms with van der Waals surface area (Å²) < 4.78 is 5.30. The number of nitrogens with zero attached hydrogens (tertiary/aromatic N) is 1. The van der Waals surface area contributed by atoms with Crippen LogP contribution in [-0.2, 0) is 16.0 Å². The van der Waals surface area contributed by atoms with Gasteiger partial charge in [-0.3, -0.25) is 14.5 Å². The number of carbonyl (C=O) groups is 2. The van der Waals surface area contributed by atoms with E-state index in [2.05, 4.69) is 10.6 Å². The van der Waals surface area contributed by atoms with Gasteiger partial charge in [0, 0.05) is 12.2 Å². The highest BCUT2D eigenvalue weighted by molar-refractivity contribution is 5.92. The van der Waals surface area contributed by atoms with Crippen LogP contribution in [0.4, 0.5) is 5.69 Å². The fourth-order valence-electron chi connectivity index (χ4n) is 2.69. The number of nitrogens with one attached hydrogen (secondary N) is 2. The molecule has 0 saturated carbocycles. The second-order valence-electron chi connectivity index (χ2n) is 6.50. The van der Waals surface area contributed by atoms with E-state index in [9.17, 15) is 9.59 Å².